The number of rotatable bonds is 6. The van der Waals surface area contributed by atoms with Crippen molar-refractivity contribution in [1.82, 2.24) is 5.32 Å². The normalized spacial score (nSPS) is 11.1. The third kappa shape index (κ3) is 6.14. The monoisotopic (exact) mass is 355 g/mol. The van der Waals surface area contributed by atoms with Crippen molar-refractivity contribution in [1.29, 1.82) is 0 Å². The number of amides is 1. The first kappa shape index (κ1) is 16.6. The van der Waals surface area contributed by atoms with Gasteiger partial charge in [0.1, 0.15) is 11.5 Å². The summed E-state index contributed by atoms with van der Waals surface area (Å²) in [7, 11) is 0. The second-order valence-electron chi connectivity index (χ2n) is 3.69. The molecule has 112 valence electrons. The SMILES string of the molecule is CCNC(=O)CCOc1ccc(OC(F)(F)F)c(Br)c1. The lowest BCUT2D eigenvalue weighted by Gasteiger charge is -2.12. The standard InChI is InChI=1S/C12H13BrF3NO3/c1-2-17-11(18)5-6-19-8-3-4-10(9(13)7-8)20-12(14,15)16/h3-4,7H,2,5-6H2,1H3,(H,17,18). The van der Waals surface area contributed by atoms with Gasteiger partial charge in [-0.15, -0.1) is 13.2 Å². The molecule has 8 heteroatoms. The predicted molar refractivity (Wildman–Crippen MR) is 69.6 cm³/mol. The van der Waals surface area contributed by atoms with E-state index >= 15 is 0 Å². The van der Waals surface area contributed by atoms with E-state index < -0.39 is 6.36 Å². The first-order valence-electron chi connectivity index (χ1n) is 5.76. The van der Waals surface area contributed by atoms with Gasteiger partial charge in [0.2, 0.25) is 5.91 Å². The molecular weight excluding hydrogens is 343 g/mol. The highest BCUT2D eigenvalue weighted by molar-refractivity contribution is 9.10. The number of halogens is 4. The minimum atomic E-state index is -4.75. The van der Waals surface area contributed by atoms with Gasteiger partial charge in [-0.2, -0.15) is 0 Å². The van der Waals surface area contributed by atoms with Crippen molar-refractivity contribution in [2.24, 2.45) is 0 Å². The van der Waals surface area contributed by atoms with Crippen LogP contribution in [0.15, 0.2) is 22.7 Å². The van der Waals surface area contributed by atoms with Crippen LogP contribution >= 0.6 is 15.9 Å². The van der Waals surface area contributed by atoms with Crippen LogP contribution in [0.2, 0.25) is 0 Å². The summed E-state index contributed by atoms with van der Waals surface area (Å²) in [5.41, 5.74) is 0. The van der Waals surface area contributed by atoms with Gasteiger partial charge in [0.25, 0.3) is 0 Å². The fraction of sp³-hybridized carbons (Fsp3) is 0.417. The fourth-order valence-corrected chi connectivity index (χ4v) is 1.76. The van der Waals surface area contributed by atoms with Crippen LogP contribution in [0, 0.1) is 0 Å². The lowest BCUT2D eigenvalue weighted by molar-refractivity contribution is -0.274. The summed E-state index contributed by atoms with van der Waals surface area (Å²) in [6.45, 7) is 2.47. The zero-order valence-corrected chi connectivity index (χ0v) is 12.2. The van der Waals surface area contributed by atoms with Crippen molar-refractivity contribution >= 4 is 21.8 Å². The van der Waals surface area contributed by atoms with Crippen LogP contribution in [0.3, 0.4) is 0 Å². The van der Waals surface area contributed by atoms with E-state index in [2.05, 4.69) is 26.0 Å². The van der Waals surface area contributed by atoms with E-state index in [1.54, 1.807) is 6.92 Å². The Balaban J connectivity index is 2.53. The van der Waals surface area contributed by atoms with Crippen LogP contribution in [-0.4, -0.2) is 25.4 Å². The van der Waals surface area contributed by atoms with Crippen molar-refractivity contribution in [2.45, 2.75) is 19.7 Å². The van der Waals surface area contributed by atoms with Crippen LogP contribution in [-0.2, 0) is 4.79 Å². The molecule has 0 spiro atoms. The second kappa shape index (κ2) is 7.37. The molecule has 0 atom stereocenters. The van der Waals surface area contributed by atoms with E-state index in [9.17, 15) is 18.0 Å². The number of hydrogen-bond acceptors (Lipinski definition) is 3. The minimum Gasteiger partial charge on any atom is -0.493 e. The number of hydrogen-bond donors (Lipinski definition) is 1. The van der Waals surface area contributed by atoms with E-state index in [1.807, 2.05) is 0 Å². The Morgan fingerprint density at radius 3 is 2.65 bits per heavy atom. The maximum atomic E-state index is 12.1. The van der Waals surface area contributed by atoms with Crippen molar-refractivity contribution < 1.29 is 27.4 Å². The smallest absolute Gasteiger partial charge is 0.493 e. The topological polar surface area (TPSA) is 47.6 Å². The van der Waals surface area contributed by atoms with Crippen LogP contribution in [0.25, 0.3) is 0 Å². The maximum Gasteiger partial charge on any atom is 0.573 e. The van der Waals surface area contributed by atoms with Gasteiger partial charge < -0.3 is 14.8 Å². The molecule has 0 aliphatic rings. The number of carbonyl (C=O) groups excluding carboxylic acids is 1. The number of alkyl halides is 3. The van der Waals surface area contributed by atoms with Gasteiger partial charge in [0, 0.05) is 6.54 Å². The Kier molecular flexibility index (Phi) is 6.12. The molecule has 0 unspecified atom stereocenters. The molecule has 4 nitrogen and oxygen atoms in total. The zero-order valence-electron chi connectivity index (χ0n) is 10.6. The van der Waals surface area contributed by atoms with Gasteiger partial charge in [-0.3, -0.25) is 4.79 Å². The molecule has 1 aromatic carbocycles. The minimum absolute atomic E-state index is 0.116. The highest BCUT2D eigenvalue weighted by Crippen LogP contribution is 2.33. The highest BCUT2D eigenvalue weighted by Gasteiger charge is 2.31. The molecule has 1 aromatic rings. The summed E-state index contributed by atoms with van der Waals surface area (Å²) in [6, 6.07) is 3.82. The predicted octanol–water partition coefficient (Wildman–Crippen LogP) is 3.25. The molecule has 1 N–H and O–H groups in total. The molecule has 0 saturated heterocycles. The van der Waals surface area contributed by atoms with Crippen LogP contribution in [0.1, 0.15) is 13.3 Å². The van der Waals surface area contributed by atoms with Crippen LogP contribution in [0.4, 0.5) is 13.2 Å². The summed E-state index contributed by atoms with van der Waals surface area (Å²) in [6.07, 6.45) is -4.57. The molecule has 0 aromatic heterocycles. The van der Waals surface area contributed by atoms with E-state index in [0.717, 1.165) is 6.07 Å². The average Bonchev–Trinajstić information content (AvgIpc) is 2.31. The summed E-state index contributed by atoms with van der Waals surface area (Å²) in [5.74, 6) is -0.159. The average molecular weight is 356 g/mol. The van der Waals surface area contributed by atoms with Crippen LogP contribution in [0.5, 0.6) is 11.5 Å². The van der Waals surface area contributed by atoms with Crippen molar-refractivity contribution in [3.05, 3.63) is 22.7 Å². The molecule has 0 saturated carbocycles. The molecule has 0 aliphatic carbocycles. The first-order valence-corrected chi connectivity index (χ1v) is 6.56. The zero-order chi connectivity index (χ0) is 15.2. The van der Waals surface area contributed by atoms with Gasteiger partial charge in [0.15, 0.2) is 0 Å². The molecule has 0 heterocycles. The van der Waals surface area contributed by atoms with E-state index in [1.165, 1.54) is 12.1 Å². The van der Waals surface area contributed by atoms with E-state index in [4.69, 9.17) is 4.74 Å². The number of ether oxygens (including phenoxy) is 2. The Morgan fingerprint density at radius 1 is 1.40 bits per heavy atom. The Hall–Kier alpha value is -1.44. The van der Waals surface area contributed by atoms with Crippen molar-refractivity contribution in [3.8, 4) is 11.5 Å². The Bertz CT molecular complexity index is 466. The van der Waals surface area contributed by atoms with Gasteiger partial charge in [-0.1, -0.05) is 0 Å². The first-order chi connectivity index (χ1) is 9.31. The van der Waals surface area contributed by atoms with E-state index in [-0.39, 0.29) is 29.2 Å². The quantitative estimate of drug-likeness (QED) is 0.851. The molecule has 0 radical (unpaired) electrons. The molecule has 1 rings (SSSR count). The third-order valence-electron chi connectivity index (χ3n) is 2.10. The summed E-state index contributed by atoms with van der Waals surface area (Å²) in [5, 5.41) is 2.60. The largest absolute Gasteiger partial charge is 0.573 e. The lowest BCUT2D eigenvalue weighted by Crippen LogP contribution is -2.24. The van der Waals surface area contributed by atoms with Gasteiger partial charge in [-0.25, -0.2) is 0 Å². The summed E-state index contributed by atoms with van der Waals surface area (Å²) in [4.78, 5) is 11.2. The molecule has 0 bridgehead atoms. The molecular formula is C12H13BrF3NO3. The van der Waals surface area contributed by atoms with E-state index in [0.29, 0.717) is 12.3 Å². The van der Waals surface area contributed by atoms with Gasteiger partial charge in [-0.05, 0) is 41.1 Å². The number of carbonyl (C=O) groups is 1. The maximum absolute atomic E-state index is 12.1. The van der Waals surface area contributed by atoms with Gasteiger partial charge >= 0.3 is 6.36 Å². The summed E-state index contributed by atoms with van der Waals surface area (Å²) >= 11 is 2.96. The van der Waals surface area contributed by atoms with Crippen molar-refractivity contribution in [3.63, 3.8) is 0 Å². The van der Waals surface area contributed by atoms with Crippen LogP contribution < -0.4 is 14.8 Å². The Labute approximate surface area is 122 Å². The Morgan fingerprint density at radius 2 is 2.10 bits per heavy atom. The molecule has 20 heavy (non-hydrogen) atoms. The summed E-state index contributed by atoms with van der Waals surface area (Å²) < 4.78 is 45.4. The lowest BCUT2D eigenvalue weighted by atomic mass is 10.3. The second-order valence-corrected chi connectivity index (χ2v) is 4.55. The fourth-order valence-electron chi connectivity index (χ4n) is 1.33. The third-order valence-corrected chi connectivity index (χ3v) is 2.72. The number of benzene rings is 1. The molecule has 0 fully saturated rings. The van der Waals surface area contributed by atoms with Gasteiger partial charge in [0.05, 0.1) is 17.5 Å². The number of nitrogens with one attached hydrogen (secondary N) is 1. The highest BCUT2D eigenvalue weighted by atomic mass is 79.9. The van der Waals surface area contributed by atoms with Crippen molar-refractivity contribution in [2.75, 3.05) is 13.2 Å². The molecule has 1 amide bonds. The molecule has 0 aliphatic heterocycles.